The molecule has 156 valence electrons. The molecule has 0 bridgehead atoms. The third-order valence-corrected chi connectivity index (χ3v) is 6.37. The van der Waals surface area contributed by atoms with Crippen molar-refractivity contribution in [2.75, 3.05) is 13.1 Å². The van der Waals surface area contributed by atoms with Crippen molar-refractivity contribution in [2.45, 2.75) is 51.4 Å². The highest BCUT2D eigenvalue weighted by molar-refractivity contribution is 5.77. The molecule has 0 spiro atoms. The van der Waals surface area contributed by atoms with Gasteiger partial charge in [-0.05, 0) is 36.1 Å². The summed E-state index contributed by atoms with van der Waals surface area (Å²) in [7, 11) is 0. The Morgan fingerprint density at radius 2 is 1.93 bits per heavy atom. The van der Waals surface area contributed by atoms with Crippen molar-refractivity contribution in [2.24, 2.45) is 0 Å². The summed E-state index contributed by atoms with van der Waals surface area (Å²) < 4.78 is 7.66. The number of nitrogens with one attached hydrogen (secondary N) is 1. The molecular weight excluding hydrogens is 376 g/mol. The Morgan fingerprint density at radius 3 is 2.73 bits per heavy atom. The number of alkyl carbamates (subject to hydrolysis) is 1. The normalized spacial score (nSPS) is 17.2. The second-order valence-electron chi connectivity index (χ2n) is 8.29. The maximum absolute atomic E-state index is 12.0. The van der Waals surface area contributed by atoms with Gasteiger partial charge < -0.3 is 14.6 Å². The summed E-state index contributed by atoms with van der Waals surface area (Å²) in [6, 6.07) is 16.8. The second kappa shape index (κ2) is 8.48. The summed E-state index contributed by atoms with van der Waals surface area (Å²) in [5.41, 5.74) is 4.21. The molecule has 1 aromatic heterocycles. The van der Waals surface area contributed by atoms with E-state index in [9.17, 15) is 4.79 Å². The van der Waals surface area contributed by atoms with Crippen molar-refractivity contribution in [3.63, 3.8) is 0 Å². The lowest BCUT2D eigenvalue weighted by Crippen LogP contribution is -2.41. The standard InChI is InChI=1S/C24H28N4O2/c29-24(30-17-18-5-2-1-3-6-18)25-16-19-9-10-22-21(15-19)26-23-11-12-27(13-14-28(22)23)20-7-4-8-20/h1-3,5-6,9-10,15,20H,4,7-8,11-14,16-17H2,(H,25,29). The third-order valence-electron chi connectivity index (χ3n) is 6.37. The third kappa shape index (κ3) is 4.05. The Kier molecular flexibility index (Phi) is 5.41. The first kappa shape index (κ1) is 19.1. The van der Waals surface area contributed by atoms with Crippen LogP contribution in [-0.2, 0) is 30.9 Å². The number of rotatable bonds is 5. The van der Waals surface area contributed by atoms with E-state index in [0.717, 1.165) is 48.7 Å². The van der Waals surface area contributed by atoms with Crippen LogP contribution in [0, 0.1) is 0 Å². The number of ether oxygens (including phenoxy) is 1. The first-order valence-corrected chi connectivity index (χ1v) is 10.9. The van der Waals surface area contributed by atoms with Crippen molar-refractivity contribution in [1.29, 1.82) is 0 Å². The predicted octanol–water partition coefficient (Wildman–Crippen LogP) is 3.87. The fourth-order valence-corrected chi connectivity index (χ4v) is 4.42. The minimum Gasteiger partial charge on any atom is -0.445 e. The van der Waals surface area contributed by atoms with Gasteiger partial charge in [-0.15, -0.1) is 0 Å². The minimum absolute atomic E-state index is 0.275. The largest absolute Gasteiger partial charge is 0.445 e. The molecule has 0 unspecified atom stereocenters. The van der Waals surface area contributed by atoms with Gasteiger partial charge in [0.1, 0.15) is 12.4 Å². The zero-order valence-electron chi connectivity index (χ0n) is 17.2. The van der Waals surface area contributed by atoms with Crippen LogP contribution in [0.2, 0.25) is 0 Å². The molecule has 1 saturated carbocycles. The lowest BCUT2D eigenvalue weighted by molar-refractivity contribution is 0.130. The SMILES string of the molecule is O=C(NCc1ccc2c(c1)nc1n2CCN(C2CCC2)CC1)OCc1ccccc1. The number of carbonyl (C=O) groups is 1. The second-order valence-corrected chi connectivity index (χ2v) is 8.29. The molecule has 1 amide bonds. The molecule has 2 aromatic carbocycles. The van der Waals surface area contributed by atoms with Gasteiger partial charge in [0.25, 0.3) is 0 Å². The van der Waals surface area contributed by atoms with E-state index < -0.39 is 6.09 Å². The van der Waals surface area contributed by atoms with Gasteiger partial charge in [0.15, 0.2) is 0 Å². The number of carbonyl (C=O) groups excluding carboxylic acids is 1. The number of fused-ring (bicyclic) bond motifs is 3. The van der Waals surface area contributed by atoms with Crippen LogP contribution in [0.4, 0.5) is 4.79 Å². The molecule has 1 fully saturated rings. The monoisotopic (exact) mass is 404 g/mol. The molecule has 30 heavy (non-hydrogen) atoms. The lowest BCUT2D eigenvalue weighted by atomic mass is 9.91. The van der Waals surface area contributed by atoms with Crippen LogP contribution in [0.1, 0.15) is 36.2 Å². The van der Waals surface area contributed by atoms with Crippen molar-refractivity contribution in [3.8, 4) is 0 Å². The first-order chi connectivity index (χ1) is 14.8. The number of hydrogen-bond acceptors (Lipinski definition) is 4. The van der Waals surface area contributed by atoms with Crippen molar-refractivity contribution in [1.82, 2.24) is 19.8 Å². The summed E-state index contributed by atoms with van der Waals surface area (Å²) in [4.78, 5) is 19.6. The summed E-state index contributed by atoms with van der Waals surface area (Å²) in [5.74, 6) is 1.18. The van der Waals surface area contributed by atoms with Gasteiger partial charge in [-0.2, -0.15) is 0 Å². The van der Waals surface area contributed by atoms with E-state index in [2.05, 4.69) is 33.0 Å². The Hall–Kier alpha value is -2.86. The number of amides is 1. The number of aromatic nitrogens is 2. The van der Waals surface area contributed by atoms with E-state index in [1.807, 2.05) is 30.3 Å². The molecule has 3 aromatic rings. The number of hydrogen-bond donors (Lipinski definition) is 1. The molecule has 0 radical (unpaired) electrons. The van der Waals surface area contributed by atoms with Gasteiger partial charge >= 0.3 is 6.09 Å². The van der Waals surface area contributed by atoms with Crippen LogP contribution in [0.5, 0.6) is 0 Å². The van der Waals surface area contributed by atoms with E-state index in [1.165, 1.54) is 30.6 Å². The smallest absolute Gasteiger partial charge is 0.407 e. The molecular formula is C24H28N4O2. The molecule has 1 aliphatic heterocycles. The summed E-state index contributed by atoms with van der Waals surface area (Å²) >= 11 is 0. The average Bonchev–Trinajstić information content (AvgIpc) is 2.96. The van der Waals surface area contributed by atoms with Gasteiger partial charge in [0, 0.05) is 38.6 Å². The molecule has 1 aliphatic carbocycles. The Labute approximate surface area is 176 Å². The van der Waals surface area contributed by atoms with Crippen molar-refractivity contribution < 1.29 is 9.53 Å². The van der Waals surface area contributed by atoms with Crippen LogP contribution < -0.4 is 5.32 Å². The maximum atomic E-state index is 12.0. The number of nitrogens with zero attached hydrogens (tertiary/aromatic N) is 3. The molecule has 2 aliphatic rings. The molecule has 5 rings (SSSR count). The van der Waals surface area contributed by atoms with Crippen molar-refractivity contribution in [3.05, 3.63) is 65.5 Å². The quantitative estimate of drug-likeness (QED) is 0.701. The summed E-state index contributed by atoms with van der Waals surface area (Å²) in [6.45, 7) is 3.93. The highest BCUT2D eigenvalue weighted by atomic mass is 16.5. The molecule has 6 heteroatoms. The molecule has 0 saturated heterocycles. The molecule has 6 nitrogen and oxygen atoms in total. The Morgan fingerprint density at radius 1 is 1.07 bits per heavy atom. The van der Waals surface area contributed by atoms with Crippen LogP contribution >= 0.6 is 0 Å². The minimum atomic E-state index is -0.407. The van der Waals surface area contributed by atoms with Crippen LogP contribution in [0.25, 0.3) is 11.0 Å². The van der Waals surface area contributed by atoms with E-state index >= 15 is 0 Å². The Balaban J connectivity index is 1.19. The average molecular weight is 405 g/mol. The zero-order valence-corrected chi connectivity index (χ0v) is 17.2. The Bertz CT molecular complexity index is 1030. The predicted molar refractivity (Wildman–Crippen MR) is 116 cm³/mol. The zero-order chi connectivity index (χ0) is 20.3. The molecule has 2 heterocycles. The molecule has 1 N–H and O–H groups in total. The highest BCUT2D eigenvalue weighted by Crippen LogP contribution is 2.27. The van der Waals surface area contributed by atoms with Crippen LogP contribution in [0.3, 0.4) is 0 Å². The highest BCUT2D eigenvalue weighted by Gasteiger charge is 2.27. The van der Waals surface area contributed by atoms with Gasteiger partial charge in [0.05, 0.1) is 11.0 Å². The van der Waals surface area contributed by atoms with E-state index in [1.54, 1.807) is 0 Å². The van der Waals surface area contributed by atoms with Crippen LogP contribution in [-0.4, -0.2) is 39.7 Å². The molecule has 0 atom stereocenters. The lowest BCUT2D eigenvalue weighted by Gasteiger charge is -2.36. The summed E-state index contributed by atoms with van der Waals surface area (Å²) in [6.07, 6.45) is 4.69. The number of benzene rings is 2. The fourth-order valence-electron chi connectivity index (χ4n) is 4.42. The van der Waals surface area contributed by atoms with E-state index in [0.29, 0.717) is 6.54 Å². The number of imidazole rings is 1. The van der Waals surface area contributed by atoms with Crippen LogP contribution in [0.15, 0.2) is 48.5 Å². The van der Waals surface area contributed by atoms with E-state index in [-0.39, 0.29) is 6.61 Å². The summed E-state index contributed by atoms with van der Waals surface area (Å²) in [5, 5.41) is 2.83. The van der Waals surface area contributed by atoms with Crippen molar-refractivity contribution >= 4 is 17.1 Å². The van der Waals surface area contributed by atoms with E-state index in [4.69, 9.17) is 9.72 Å². The fraction of sp³-hybridized carbons (Fsp3) is 0.417. The van der Waals surface area contributed by atoms with Gasteiger partial charge in [-0.1, -0.05) is 42.8 Å². The van der Waals surface area contributed by atoms with Gasteiger partial charge in [-0.25, -0.2) is 9.78 Å². The van der Waals surface area contributed by atoms with Gasteiger partial charge in [-0.3, -0.25) is 4.90 Å². The topological polar surface area (TPSA) is 59.4 Å². The van der Waals surface area contributed by atoms with Gasteiger partial charge in [0.2, 0.25) is 0 Å². The maximum Gasteiger partial charge on any atom is 0.407 e. The first-order valence-electron chi connectivity index (χ1n) is 10.9.